The van der Waals surface area contributed by atoms with Crippen molar-refractivity contribution in [2.75, 3.05) is 45.3 Å². The van der Waals surface area contributed by atoms with E-state index in [2.05, 4.69) is 4.90 Å². The first-order chi connectivity index (χ1) is 19.4. The Kier molecular flexibility index (Phi) is 5.76. The van der Waals surface area contributed by atoms with Crippen molar-refractivity contribution in [1.82, 2.24) is 14.7 Å². The van der Waals surface area contributed by atoms with E-state index in [1.54, 1.807) is 41.3 Å². The van der Waals surface area contributed by atoms with Gasteiger partial charge in [-0.1, -0.05) is 18.2 Å². The number of rotatable bonds is 4. The molecule has 2 aromatic carbocycles. The van der Waals surface area contributed by atoms with Gasteiger partial charge in [-0.3, -0.25) is 24.1 Å². The molecule has 3 saturated heterocycles. The van der Waals surface area contributed by atoms with Crippen LogP contribution in [0.15, 0.2) is 36.4 Å². The first-order valence-electron chi connectivity index (χ1n) is 14.0. The average molecular weight is 545 g/mol. The number of para-hydroxylation sites is 1. The molecule has 0 radical (unpaired) electrons. The van der Waals surface area contributed by atoms with Crippen LogP contribution in [-0.4, -0.2) is 84.8 Å². The summed E-state index contributed by atoms with van der Waals surface area (Å²) in [6, 6.07) is 10.7. The van der Waals surface area contributed by atoms with Gasteiger partial charge in [0.2, 0.25) is 11.8 Å². The second kappa shape index (κ2) is 9.25. The van der Waals surface area contributed by atoms with Crippen LogP contribution in [0.4, 0.5) is 5.69 Å². The topological polar surface area (TPSA) is 99.7 Å². The third-order valence-corrected chi connectivity index (χ3v) is 9.32. The fraction of sp³-hybridized carbons (Fsp3) is 0.467. The van der Waals surface area contributed by atoms with Gasteiger partial charge >= 0.3 is 0 Å². The van der Waals surface area contributed by atoms with Gasteiger partial charge in [-0.15, -0.1) is 0 Å². The highest BCUT2D eigenvalue weighted by Gasteiger charge is 2.51. The van der Waals surface area contributed by atoms with Gasteiger partial charge in [-0.25, -0.2) is 0 Å². The fourth-order valence-corrected chi connectivity index (χ4v) is 7.64. The zero-order valence-corrected chi connectivity index (χ0v) is 22.7. The SMILES string of the molecule is COc1ccc2c(c1OC)C(=O)N1c3ccccc3C(=O)N(CC(=O)N3C[C@H]4C[C@@H](C3)[C@H]3CCCC(=O)N3C4)[C@@H]21. The van der Waals surface area contributed by atoms with E-state index in [0.717, 1.165) is 19.3 Å². The van der Waals surface area contributed by atoms with Crippen molar-refractivity contribution >= 4 is 29.3 Å². The minimum Gasteiger partial charge on any atom is -0.493 e. The van der Waals surface area contributed by atoms with E-state index in [0.29, 0.717) is 59.9 Å². The van der Waals surface area contributed by atoms with Gasteiger partial charge in [0.25, 0.3) is 11.8 Å². The fourth-order valence-electron chi connectivity index (χ4n) is 7.64. The molecular formula is C30H32N4O6. The molecule has 5 aliphatic rings. The second-order valence-corrected chi connectivity index (χ2v) is 11.4. The molecular weight excluding hydrogens is 512 g/mol. The van der Waals surface area contributed by atoms with Crippen LogP contribution in [0, 0.1) is 11.8 Å². The summed E-state index contributed by atoms with van der Waals surface area (Å²) in [5, 5.41) is 0. The molecule has 3 fully saturated rings. The van der Waals surface area contributed by atoms with Gasteiger partial charge in [0.05, 0.1) is 31.0 Å². The van der Waals surface area contributed by atoms with E-state index in [1.165, 1.54) is 19.1 Å². The second-order valence-electron chi connectivity index (χ2n) is 11.4. The zero-order valence-electron chi connectivity index (χ0n) is 22.7. The van der Waals surface area contributed by atoms with E-state index < -0.39 is 6.17 Å². The highest BCUT2D eigenvalue weighted by molar-refractivity contribution is 6.18. The number of fused-ring (bicyclic) bond motifs is 9. The lowest BCUT2D eigenvalue weighted by Gasteiger charge is -2.52. The van der Waals surface area contributed by atoms with Crippen molar-refractivity contribution in [2.45, 2.75) is 37.9 Å². The van der Waals surface area contributed by atoms with Gasteiger partial charge < -0.3 is 24.2 Å². The van der Waals surface area contributed by atoms with Gasteiger partial charge in [-0.2, -0.15) is 0 Å². The molecule has 0 N–H and O–H groups in total. The molecule has 10 nitrogen and oxygen atoms in total. The summed E-state index contributed by atoms with van der Waals surface area (Å²) in [5.41, 5.74) is 1.83. The number of carbonyl (C=O) groups is 4. The number of methoxy groups -OCH3 is 2. The van der Waals surface area contributed by atoms with Gasteiger partial charge in [0.1, 0.15) is 12.7 Å². The number of piperidine rings is 3. The maximum Gasteiger partial charge on any atom is 0.264 e. The normalized spacial score (nSPS) is 26.7. The van der Waals surface area contributed by atoms with Crippen LogP contribution >= 0.6 is 0 Å². The number of amides is 4. The quantitative estimate of drug-likeness (QED) is 0.587. The largest absolute Gasteiger partial charge is 0.493 e. The molecule has 4 atom stereocenters. The monoisotopic (exact) mass is 544 g/mol. The van der Waals surface area contributed by atoms with Crippen LogP contribution in [-0.2, 0) is 9.59 Å². The molecule has 2 aromatic rings. The van der Waals surface area contributed by atoms with Crippen molar-refractivity contribution in [3.05, 3.63) is 53.1 Å². The third kappa shape index (κ3) is 3.54. The molecule has 10 heteroatoms. The molecule has 5 aliphatic heterocycles. The Morgan fingerprint density at radius 3 is 2.60 bits per heavy atom. The number of hydrogen-bond acceptors (Lipinski definition) is 6. The molecule has 2 bridgehead atoms. The lowest BCUT2D eigenvalue weighted by molar-refractivity contribution is -0.149. The third-order valence-electron chi connectivity index (χ3n) is 9.32. The highest BCUT2D eigenvalue weighted by Crippen LogP contribution is 2.49. The standard InChI is InChI=1S/C30H32N4O6/c1-39-23-11-10-20-26(27(23)40-2)30(38)34-22-7-4-3-6-19(22)29(37)33(28(20)34)16-25(36)31-13-17-12-18(15-31)21-8-5-9-24(35)32(21)14-17/h3-4,6-7,10-11,17-18,21,28H,5,8-9,12-16H2,1-2H3/t17-,18+,21-,28-/m1/s1. The Bertz CT molecular complexity index is 1440. The summed E-state index contributed by atoms with van der Waals surface area (Å²) in [7, 11) is 2.99. The molecule has 5 heterocycles. The highest BCUT2D eigenvalue weighted by atomic mass is 16.5. The number of anilines is 1. The Balaban J connectivity index is 1.22. The van der Waals surface area contributed by atoms with Crippen LogP contribution < -0.4 is 14.4 Å². The van der Waals surface area contributed by atoms with E-state index in [4.69, 9.17) is 9.47 Å². The van der Waals surface area contributed by atoms with E-state index in [-0.39, 0.29) is 48.1 Å². The van der Waals surface area contributed by atoms with E-state index in [1.807, 2.05) is 4.90 Å². The lowest BCUT2D eigenvalue weighted by atomic mass is 9.76. The predicted octanol–water partition coefficient (Wildman–Crippen LogP) is 2.68. The molecule has 208 valence electrons. The van der Waals surface area contributed by atoms with Crippen molar-refractivity contribution in [1.29, 1.82) is 0 Å². The molecule has 40 heavy (non-hydrogen) atoms. The maximum absolute atomic E-state index is 13.9. The summed E-state index contributed by atoms with van der Waals surface area (Å²) in [5.74, 6) is 0.725. The number of hydrogen-bond donors (Lipinski definition) is 0. The molecule has 4 amide bonds. The van der Waals surface area contributed by atoms with Gasteiger partial charge in [0, 0.05) is 37.7 Å². The van der Waals surface area contributed by atoms with E-state index >= 15 is 0 Å². The number of ether oxygens (including phenoxy) is 2. The minimum absolute atomic E-state index is 0.139. The number of benzene rings is 2. The molecule has 0 unspecified atom stereocenters. The molecule has 0 aliphatic carbocycles. The predicted molar refractivity (Wildman–Crippen MR) is 144 cm³/mol. The average Bonchev–Trinajstić information content (AvgIpc) is 3.27. The van der Waals surface area contributed by atoms with Crippen molar-refractivity contribution in [3.8, 4) is 11.5 Å². The minimum atomic E-state index is -0.774. The van der Waals surface area contributed by atoms with E-state index in [9.17, 15) is 19.2 Å². The summed E-state index contributed by atoms with van der Waals surface area (Å²) in [6.07, 6.45) is 2.74. The number of likely N-dealkylation sites (tertiary alicyclic amines) is 1. The summed E-state index contributed by atoms with van der Waals surface area (Å²) < 4.78 is 11.0. The molecule has 0 spiro atoms. The smallest absolute Gasteiger partial charge is 0.264 e. The Hall–Kier alpha value is -4.08. The summed E-state index contributed by atoms with van der Waals surface area (Å²) >= 11 is 0. The zero-order chi connectivity index (χ0) is 27.7. The molecule has 0 saturated carbocycles. The van der Waals surface area contributed by atoms with Crippen LogP contribution in [0.25, 0.3) is 0 Å². The van der Waals surface area contributed by atoms with Crippen molar-refractivity contribution < 1.29 is 28.7 Å². The lowest BCUT2D eigenvalue weighted by Crippen LogP contribution is -2.62. The van der Waals surface area contributed by atoms with Crippen LogP contribution in [0.3, 0.4) is 0 Å². The summed E-state index contributed by atoms with van der Waals surface area (Å²) in [6.45, 7) is 1.69. The number of nitrogens with zero attached hydrogens (tertiary/aromatic N) is 4. The van der Waals surface area contributed by atoms with Crippen LogP contribution in [0.2, 0.25) is 0 Å². The van der Waals surface area contributed by atoms with Gasteiger partial charge in [-0.05, 0) is 49.3 Å². The Morgan fingerprint density at radius 2 is 1.80 bits per heavy atom. The summed E-state index contributed by atoms with van der Waals surface area (Å²) in [4.78, 5) is 61.3. The maximum atomic E-state index is 13.9. The number of carbonyl (C=O) groups excluding carboxylic acids is 4. The first kappa shape index (κ1) is 24.9. The Morgan fingerprint density at radius 1 is 0.975 bits per heavy atom. The van der Waals surface area contributed by atoms with Crippen molar-refractivity contribution in [3.63, 3.8) is 0 Å². The molecule has 7 rings (SSSR count). The van der Waals surface area contributed by atoms with Gasteiger partial charge in [0.15, 0.2) is 11.5 Å². The van der Waals surface area contributed by atoms with Crippen LogP contribution in [0.5, 0.6) is 11.5 Å². The van der Waals surface area contributed by atoms with Crippen molar-refractivity contribution in [2.24, 2.45) is 11.8 Å². The van der Waals surface area contributed by atoms with Crippen LogP contribution in [0.1, 0.15) is 58.1 Å². The Labute approximate surface area is 232 Å². The molecule has 0 aromatic heterocycles. The first-order valence-corrected chi connectivity index (χ1v) is 14.0.